The summed E-state index contributed by atoms with van der Waals surface area (Å²) in [6.45, 7) is 4.79. The van der Waals surface area contributed by atoms with Gasteiger partial charge in [-0.15, -0.1) is 24.0 Å². The van der Waals surface area contributed by atoms with Gasteiger partial charge in [-0.2, -0.15) is 0 Å². The third kappa shape index (κ3) is 7.06. The number of oxazole rings is 1. The van der Waals surface area contributed by atoms with Crippen molar-refractivity contribution >= 4 is 35.8 Å². The molecule has 8 heteroatoms. The fourth-order valence-electron chi connectivity index (χ4n) is 3.97. The van der Waals surface area contributed by atoms with Gasteiger partial charge in [0.25, 0.3) is 0 Å². The molecule has 7 nitrogen and oxygen atoms in total. The highest BCUT2D eigenvalue weighted by Gasteiger charge is 2.29. The fraction of sp³-hybridized carbons (Fsp3) is 0.346. The van der Waals surface area contributed by atoms with E-state index in [0.717, 1.165) is 30.8 Å². The summed E-state index contributed by atoms with van der Waals surface area (Å²) in [4.78, 5) is 23.2. The minimum atomic E-state index is 0. The average molecular weight is 573 g/mol. The van der Waals surface area contributed by atoms with Crippen LogP contribution in [0.1, 0.15) is 23.2 Å². The summed E-state index contributed by atoms with van der Waals surface area (Å²) in [7, 11) is 1.74. The van der Waals surface area contributed by atoms with E-state index in [1.165, 1.54) is 11.1 Å². The van der Waals surface area contributed by atoms with Gasteiger partial charge in [0.05, 0.1) is 12.2 Å². The molecule has 1 aliphatic rings. The molecule has 1 fully saturated rings. The third-order valence-electron chi connectivity index (χ3n) is 5.88. The molecule has 1 atom stereocenters. The van der Waals surface area contributed by atoms with Gasteiger partial charge in [-0.05, 0) is 31.0 Å². The first-order valence-corrected chi connectivity index (χ1v) is 11.4. The van der Waals surface area contributed by atoms with Crippen LogP contribution in [-0.2, 0) is 17.8 Å². The van der Waals surface area contributed by atoms with E-state index in [4.69, 9.17) is 4.42 Å². The van der Waals surface area contributed by atoms with Gasteiger partial charge in [0.2, 0.25) is 11.8 Å². The number of hydrogen-bond acceptors (Lipinski definition) is 4. The van der Waals surface area contributed by atoms with E-state index < -0.39 is 0 Å². The van der Waals surface area contributed by atoms with Crippen molar-refractivity contribution in [2.24, 2.45) is 10.9 Å². The normalized spacial score (nSPS) is 15.8. The van der Waals surface area contributed by atoms with Crippen molar-refractivity contribution < 1.29 is 9.21 Å². The number of benzene rings is 2. The van der Waals surface area contributed by atoms with Crippen molar-refractivity contribution in [1.82, 2.24) is 20.5 Å². The number of carbonyl (C=O) groups excluding carboxylic acids is 1. The largest absolute Gasteiger partial charge is 0.444 e. The number of nitrogens with zero attached hydrogens (tertiary/aromatic N) is 3. The SMILES string of the molecule is CN=C(NCc1coc(-c2ccc(C)cc2)n1)NCC1CC(=O)N(CCc2ccccc2)C1.I. The van der Waals surface area contributed by atoms with Gasteiger partial charge in [0, 0.05) is 44.6 Å². The number of aryl methyl sites for hydroxylation is 1. The van der Waals surface area contributed by atoms with Gasteiger partial charge < -0.3 is 20.0 Å². The summed E-state index contributed by atoms with van der Waals surface area (Å²) in [6, 6.07) is 18.4. The summed E-state index contributed by atoms with van der Waals surface area (Å²) in [6.07, 6.45) is 3.12. The van der Waals surface area contributed by atoms with Gasteiger partial charge in [0.15, 0.2) is 5.96 Å². The van der Waals surface area contributed by atoms with Crippen LogP contribution in [0.15, 0.2) is 70.3 Å². The van der Waals surface area contributed by atoms with Crippen LogP contribution >= 0.6 is 24.0 Å². The smallest absolute Gasteiger partial charge is 0.226 e. The monoisotopic (exact) mass is 573 g/mol. The molecule has 1 unspecified atom stereocenters. The number of halogens is 1. The minimum absolute atomic E-state index is 0. The predicted molar refractivity (Wildman–Crippen MR) is 145 cm³/mol. The summed E-state index contributed by atoms with van der Waals surface area (Å²) in [5.74, 6) is 1.79. The molecule has 1 aromatic heterocycles. The van der Waals surface area contributed by atoms with Crippen LogP contribution in [0.3, 0.4) is 0 Å². The average Bonchev–Trinajstić information content (AvgIpc) is 3.45. The molecule has 34 heavy (non-hydrogen) atoms. The first-order valence-electron chi connectivity index (χ1n) is 11.4. The lowest BCUT2D eigenvalue weighted by atomic mass is 10.1. The molecule has 2 aromatic carbocycles. The highest BCUT2D eigenvalue weighted by atomic mass is 127. The molecular formula is C26H32IN5O2. The number of aromatic nitrogens is 1. The maximum atomic E-state index is 12.4. The Morgan fingerprint density at radius 2 is 1.91 bits per heavy atom. The summed E-state index contributed by atoms with van der Waals surface area (Å²) in [5, 5.41) is 6.61. The zero-order valence-corrected chi connectivity index (χ0v) is 22.0. The molecule has 0 aliphatic carbocycles. The number of carbonyl (C=O) groups is 1. The van der Waals surface area contributed by atoms with Gasteiger partial charge in [-0.3, -0.25) is 9.79 Å². The van der Waals surface area contributed by atoms with Crippen LogP contribution in [0, 0.1) is 12.8 Å². The number of nitrogens with one attached hydrogen (secondary N) is 2. The van der Waals surface area contributed by atoms with Crippen LogP contribution in [0.25, 0.3) is 11.5 Å². The zero-order chi connectivity index (χ0) is 23.0. The highest BCUT2D eigenvalue weighted by Crippen LogP contribution is 2.19. The Kier molecular flexibility index (Phi) is 9.50. The van der Waals surface area contributed by atoms with Gasteiger partial charge in [0.1, 0.15) is 6.26 Å². The van der Waals surface area contributed by atoms with Crippen molar-refractivity contribution in [2.75, 3.05) is 26.7 Å². The Labute approximate surface area is 218 Å². The van der Waals surface area contributed by atoms with Crippen LogP contribution in [0.2, 0.25) is 0 Å². The summed E-state index contributed by atoms with van der Waals surface area (Å²) < 4.78 is 5.62. The third-order valence-corrected chi connectivity index (χ3v) is 5.88. The van der Waals surface area contributed by atoms with E-state index in [2.05, 4.69) is 39.7 Å². The molecule has 1 aliphatic heterocycles. The molecule has 0 saturated carbocycles. The Morgan fingerprint density at radius 3 is 2.65 bits per heavy atom. The van der Waals surface area contributed by atoms with Crippen LogP contribution in [-0.4, -0.2) is 48.4 Å². The Balaban J connectivity index is 0.00000324. The fourth-order valence-corrected chi connectivity index (χ4v) is 3.97. The molecule has 0 bridgehead atoms. The van der Waals surface area contributed by atoms with Crippen LogP contribution in [0.4, 0.5) is 0 Å². The van der Waals surface area contributed by atoms with E-state index in [0.29, 0.717) is 31.4 Å². The molecular weight excluding hydrogens is 541 g/mol. The van der Waals surface area contributed by atoms with Crippen LogP contribution in [0.5, 0.6) is 0 Å². The first-order chi connectivity index (χ1) is 16.1. The van der Waals surface area contributed by atoms with Crippen molar-refractivity contribution in [2.45, 2.75) is 26.3 Å². The summed E-state index contributed by atoms with van der Waals surface area (Å²) >= 11 is 0. The van der Waals surface area contributed by atoms with Gasteiger partial charge >= 0.3 is 0 Å². The second-order valence-electron chi connectivity index (χ2n) is 8.46. The first kappa shape index (κ1) is 25.7. The lowest BCUT2D eigenvalue weighted by Crippen LogP contribution is -2.40. The molecule has 3 aromatic rings. The Hall–Kier alpha value is -2.88. The molecule has 180 valence electrons. The molecule has 1 saturated heterocycles. The summed E-state index contributed by atoms with van der Waals surface area (Å²) in [5.41, 5.74) is 4.22. The number of aliphatic imine (C=N–C) groups is 1. The van der Waals surface area contributed by atoms with Gasteiger partial charge in [-0.1, -0.05) is 48.0 Å². The number of guanidine groups is 1. The molecule has 0 radical (unpaired) electrons. The van der Waals surface area contributed by atoms with E-state index >= 15 is 0 Å². The van der Waals surface area contributed by atoms with Crippen molar-refractivity contribution in [3.05, 3.63) is 77.7 Å². The second kappa shape index (κ2) is 12.5. The van der Waals surface area contributed by atoms with Crippen LogP contribution < -0.4 is 10.6 Å². The highest BCUT2D eigenvalue weighted by molar-refractivity contribution is 14.0. The quantitative estimate of drug-likeness (QED) is 0.242. The van der Waals surface area contributed by atoms with E-state index in [1.807, 2.05) is 47.4 Å². The standard InChI is InChI=1S/C26H31N5O2.HI/c1-19-8-10-22(11-9-19)25-30-23(18-33-25)16-29-26(27-2)28-15-21-14-24(32)31(17-21)13-12-20-6-4-3-5-7-20;/h3-11,18,21H,12-17H2,1-2H3,(H2,27,28,29);1H. The molecule has 2 heterocycles. The zero-order valence-electron chi connectivity index (χ0n) is 19.7. The van der Waals surface area contributed by atoms with Crippen molar-refractivity contribution in [1.29, 1.82) is 0 Å². The number of likely N-dealkylation sites (tertiary alicyclic amines) is 1. The maximum Gasteiger partial charge on any atom is 0.226 e. The number of rotatable bonds is 8. The van der Waals surface area contributed by atoms with E-state index in [-0.39, 0.29) is 35.8 Å². The topological polar surface area (TPSA) is 82.8 Å². The molecule has 1 amide bonds. The lowest BCUT2D eigenvalue weighted by molar-refractivity contribution is -0.127. The van der Waals surface area contributed by atoms with E-state index in [1.54, 1.807) is 13.3 Å². The van der Waals surface area contributed by atoms with Gasteiger partial charge in [-0.25, -0.2) is 4.98 Å². The number of hydrogen-bond donors (Lipinski definition) is 2. The predicted octanol–water partition coefficient (Wildman–Crippen LogP) is 4.02. The van der Waals surface area contributed by atoms with Crippen molar-refractivity contribution in [3.8, 4) is 11.5 Å². The Morgan fingerprint density at radius 1 is 1.15 bits per heavy atom. The molecule has 2 N–H and O–H groups in total. The van der Waals surface area contributed by atoms with E-state index in [9.17, 15) is 4.79 Å². The number of amides is 1. The maximum absolute atomic E-state index is 12.4. The molecule has 4 rings (SSSR count). The Bertz CT molecular complexity index is 1080. The second-order valence-corrected chi connectivity index (χ2v) is 8.46. The molecule has 0 spiro atoms. The minimum Gasteiger partial charge on any atom is -0.444 e. The lowest BCUT2D eigenvalue weighted by Gasteiger charge is -2.17. The van der Waals surface area contributed by atoms with Crippen molar-refractivity contribution in [3.63, 3.8) is 0 Å².